The fraction of sp³-hybridized carbons (Fsp3) is 0.333. The number of nitrogens with one attached hydrogen (secondary N) is 1. The molecule has 2 amide bonds. The van der Waals surface area contributed by atoms with E-state index in [1.54, 1.807) is 28.0 Å². The lowest BCUT2D eigenvalue weighted by Crippen LogP contribution is -2.50. The molecule has 6 nitrogen and oxygen atoms in total. The van der Waals surface area contributed by atoms with E-state index in [1.807, 2.05) is 0 Å². The van der Waals surface area contributed by atoms with Crippen LogP contribution < -0.4 is 15.0 Å². The number of benzene rings is 1. The van der Waals surface area contributed by atoms with Gasteiger partial charge in [-0.05, 0) is 24.3 Å². The van der Waals surface area contributed by atoms with Crippen LogP contribution >= 0.6 is 23.2 Å². The molecule has 0 spiro atoms. The highest BCUT2D eigenvalue weighted by Gasteiger charge is 2.32. The van der Waals surface area contributed by atoms with E-state index < -0.39 is 11.7 Å². The SMILES string of the molecule is COc1ccc(Cl)cc1NC(=O)N1CCN(c2ncc(C(F)(F)F)cc2Cl)CC1. The van der Waals surface area contributed by atoms with Gasteiger partial charge in [0.25, 0.3) is 0 Å². The van der Waals surface area contributed by atoms with Gasteiger partial charge in [-0.3, -0.25) is 0 Å². The lowest BCUT2D eigenvalue weighted by molar-refractivity contribution is -0.137. The molecular formula is C18H17Cl2F3N4O2. The molecule has 0 unspecified atom stereocenters. The molecule has 3 rings (SSSR count). The Morgan fingerprint density at radius 3 is 2.45 bits per heavy atom. The number of halogens is 5. The van der Waals surface area contributed by atoms with E-state index >= 15 is 0 Å². The number of nitrogens with zero attached hydrogens (tertiary/aromatic N) is 3. The zero-order chi connectivity index (χ0) is 21.2. The number of methoxy groups -OCH3 is 1. The molecule has 11 heteroatoms. The lowest BCUT2D eigenvalue weighted by Gasteiger charge is -2.35. The summed E-state index contributed by atoms with van der Waals surface area (Å²) in [5.41, 5.74) is -0.459. The monoisotopic (exact) mass is 448 g/mol. The third kappa shape index (κ3) is 4.97. The number of aromatic nitrogens is 1. The van der Waals surface area contributed by atoms with Crippen LogP contribution in [0.25, 0.3) is 0 Å². The summed E-state index contributed by atoms with van der Waals surface area (Å²) in [6.07, 6.45) is -3.75. The zero-order valence-corrected chi connectivity index (χ0v) is 16.8. The highest BCUT2D eigenvalue weighted by Crippen LogP contribution is 2.34. The number of anilines is 2. The maximum absolute atomic E-state index is 12.8. The molecule has 156 valence electrons. The number of carbonyl (C=O) groups excluding carboxylic acids is 1. The summed E-state index contributed by atoms with van der Waals surface area (Å²) in [7, 11) is 1.48. The number of amides is 2. The normalized spacial score (nSPS) is 14.7. The Morgan fingerprint density at radius 1 is 1.17 bits per heavy atom. The molecule has 2 aromatic rings. The van der Waals surface area contributed by atoms with Gasteiger partial charge in [0.2, 0.25) is 0 Å². The van der Waals surface area contributed by atoms with Gasteiger partial charge in [-0.15, -0.1) is 0 Å². The van der Waals surface area contributed by atoms with E-state index in [0.29, 0.717) is 42.6 Å². The second-order valence-electron chi connectivity index (χ2n) is 6.28. The van der Waals surface area contributed by atoms with Crippen molar-refractivity contribution in [1.29, 1.82) is 0 Å². The van der Waals surface area contributed by atoms with Crippen LogP contribution in [-0.4, -0.2) is 49.2 Å². The molecule has 1 aromatic heterocycles. The molecule has 1 fully saturated rings. The maximum Gasteiger partial charge on any atom is 0.417 e. The van der Waals surface area contributed by atoms with Crippen LogP contribution in [0.5, 0.6) is 5.75 Å². The Hall–Kier alpha value is -2.39. The van der Waals surface area contributed by atoms with Crippen LogP contribution in [0.3, 0.4) is 0 Å². The Morgan fingerprint density at radius 2 is 1.86 bits per heavy atom. The first-order valence-electron chi connectivity index (χ1n) is 8.56. The average Bonchev–Trinajstić information content (AvgIpc) is 2.67. The lowest BCUT2D eigenvalue weighted by atomic mass is 10.2. The van der Waals surface area contributed by atoms with Crippen LogP contribution in [0.4, 0.5) is 29.5 Å². The van der Waals surface area contributed by atoms with Crippen LogP contribution in [0.2, 0.25) is 10.0 Å². The van der Waals surface area contributed by atoms with Gasteiger partial charge in [0, 0.05) is 37.4 Å². The largest absolute Gasteiger partial charge is 0.495 e. The van der Waals surface area contributed by atoms with E-state index in [9.17, 15) is 18.0 Å². The van der Waals surface area contributed by atoms with E-state index in [2.05, 4.69) is 10.3 Å². The maximum atomic E-state index is 12.8. The Bertz CT molecular complexity index is 903. The minimum absolute atomic E-state index is 0.0820. The molecule has 0 atom stereocenters. The molecule has 1 aromatic carbocycles. The van der Waals surface area contributed by atoms with Crippen LogP contribution in [0.1, 0.15) is 5.56 Å². The number of urea groups is 1. The number of hydrogen-bond acceptors (Lipinski definition) is 4. The fourth-order valence-corrected chi connectivity index (χ4v) is 3.37. The molecule has 0 aliphatic carbocycles. The predicted octanol–water partition coefficient (Wildman–Crippen LogP) is 4.77. The summed E-state index contributed by atoms with van der Waals surface area (Å²) in [6, 6.07) is 5.40. The third-order valence-electron chi connectivity index (χ3n) is 4.42. The fourth-order valence-electron chi connectivity index (χ4n) is 2.91. The molecule has 0 saturated carbocycles. The summed E-state index contributed by atoms with van der Waals surface area (Å²) >= 11 is 12.0. The molecule has 1 N–H and O–H groups in total. The first-order chi connectivity index (χ1) is 13.7. The van der Waals surface area contributed by atoms with Gasteiger partial charge in [0.15, 0.2) is 0 Å². The minimum atomic E-state index is -4.51. The van der Waals surface area contributed by atoms with Crippen molar-refractivity contribution in [3.8, 4) is 5.75 Å². The van der Waals surface area contributed by atoms with Crippen LogP contribution in [-0.2, 0) is 6.18 Å². The second-order valence-corrected chi connectivity index (χ2v) is 7.12. The van der Waals surface area contributed by atoms with Gasteiger partial charge in [-0.1, -0.05) is 23.2 Å². The Balaban J connectivity index is 1.63. The Kier molecular flexibility index (Phi) is 6.28. The molecule has 2 heterocycles. The van der Waals surface area contributed by atoms with Crippen LogP contribution in [0.15, 0.2) is 30.5 Å². The van der Waals surface area contributed by atoms with E-state index in [1.165, 1.54) is 7.11 Å². The number of rotatable bonds is 3. The van der Waals surface area contributed by atoms with Crippen molar-refractivity contribution < 1.29 is 22.7 Å². The molecule has 1 saturated heterocycles. The van der Waals surface area contributed by atoms with E-state index in [-0.39, 0.29) is 16.9 Å². The molecule has 0 bridgehead atoms. The van der Waals surface area contributed by atoms with Crippen molar-refractivity contribution in [3.05, 3.63) is 46.1 Å². The van der Waals surface area contributed by atoms with Crippen molar-refractivity contribution in [1.82, 2.24) is 9.88 Å². The van der Waals surface area contributed by atoms with E-state index in [4.69, 9.17) is 27.9 Å². The number of carbonyl (C=O) groups is 1. The molecule has 1 aliphatic heterocycles. The van der Waals surface area contributed by atoms with Crippen molar-refractivity contribution >= 4 is 40.7 Å². The topological polar surface area (TPSA) is 57.7 Å². The van der Waals surface area contributed by atoms with Gasteiger partial charge in [-0.25, -0.2) is 9.78 Å². The standard InChI is InChI=1S/C18H17Cl2F3N4O2/c1-29-15-3-2-12(19)9-14(15)25-17(28)27-6-4-26(5-7-27)16-13(20)8-11(10-24-16)18(21,22)23/h2-3,8-10H,4-7H2,1H3,(H,25,28). The summed E-state index contributed by atoms with van der Waals surface area (Å²) in [4.78, 5) is 19.7. The highest BCUT2D eigenvalue weighted by molar-refractivity contribution is 6.33. The molecular weight excluding hydrogens is 432 g/mol. The first kappa shape index (κ1) is 21.3. The van der Waals surface area contributed by atoms with Gasteiger partial charge < -0.3 is 19.9 Å². The van der Waals surface area contributed by atoms with Crippen molar-refractivity contribution in [2.45, 2.75) is 6.18 Å². The smallest absolute Gasteiger partial charge is 0.417 e. The van der Waals surface area contributed by atoms with Gasteiger partial charge in [0.1, 0.15) is 11.6 Å². The summed E-state index contributed by atoms with van der Waals surface area (Å²) < 4.78 is 43.5. The number of alkyl halides is 3. The number of piperazine rings is 1. The van der Waals surface area contributed by atoms with E-state index in [0.717, 1.165) is 12.3 Å². The quantitative estimate of drug-likeness (QED) is 0.734. The van der Waals surface area contributed by atoms with Gasteiger partial charge >= 0.3 is 12.2 Å². The number of ether oxygens (including phenoxy) is 1. The number of hydrogen-bond donors (Lipinski definition) is 1. The molecule has 29 heavy (non-hydrogen) atoms. The van der Waals surface area contributed by atoms with Gasteiger partial charge in [-0.2, -0.15) is 13.2 Å². The summed E-state index contributed by atoms with van der Waals surface area (Å²) in [6.45, 7) is 1.43. The second kappa shape index (κ2) is 8.54. The number of pyridine rings is 1. The molecule has 0 radical (unpaired) electrons. The highest BCUT2D eigenvalue weighted by atomic mass is 35.5. The summed E-state index contributed by atoms with van der Waals surface area (Å²) in [5, 5.41) is 3.13. The van der Waals surface area contributed by atoms with Crippen molar-refractivity contribution in [2.75, 3.05) is 43.5 Å². The van der Waals surface area contributed by atoms with Crippen molar-refractivity contribution in [3.63, 3.8) is 0 Å². The first-order valence-corrected chi connectivity index (χ1v) is 9.32. The molecule has 1 aliphatic rings. The third-order valence-corrected chi connectivity index (χ3v) is 4.93. The van der Waals surface area contributed by atoms with Crippen LogP contribution in [0, 0.1) is 0 Å². The predicted molar refractivity (Wildman–Crippen MR) is 105 cm³/mol. The Labute approximate surface area is 175 Å². The zero-order valence-electron chi connectivity index (χ0n) is 15.3. The van der Waals surface area contributed by atoms with Crippen molar-refractivity contribution in [2.24, 2.45) is 0 Å². The minimum Gasteiger partial charge on any atom is -0.495 e. The average molecular weight is 449 g/mol. The van der Waals surface area contributed by atoms with Gasteiger partial charge in [0.05, 0.1) is 23.4 Å². The summed E-state index contributed by atoms with van der Waals surface area (Å²) in [5.74, 6) is 0.735.